The number of hydrogen-bond donors (Lipinski definition) is 1. The third-order valence-corrected chi connectivity index (χ3v) is 5.88. The van der Waals surface area contributed by atoms with E-state index < -0.39 is 5.60 Å². The maximum Gasteiger partial charge on any atom is 0.222 e. The lowest BCUT2D eigenvalue weighted by Crippen LogP contribution is -2.47. The minimum atomic E-state index is -0.726. The van der Waals surface area contributed by atoms with E-state index in [1.54, 1.807) is 18.6 Å². The first-order valence-electron chi connectivity index (χ1n) is 10.5. The van der Waals surface area contributed by atoms with Crippen molar-refractivity contribution in [2.24, 2.45) is 0 Å². The lowest BCUT2D eigenvalue weighted by Gasteiger charge is -2.38. The van der Waals surface area contributed by atoms with Crippen molar-refractivity contribution < 1.29 is 9.90 Å². The zero-order valence-electron chi connectivity index (χ0n) is 17.1. The van der Waals surface area contributed by atoms with Crippen LogP contribution in [0.15, 0.2) is 73.2 Å². The number of carbonyl (C=O) groups excluding carboxylic acids is 1. The van der Waals surface area contributed by atoms with Crippen LogP contribution >= 0.6 is 0 Å². The predicted octanol–water partition coefficient (Wildman–Crippen LogP) is 3.67. The summed E-state index contributed by atoms with van der Waals surface area (Å²) in [6.45, 7) is 1.21. The molecule has 5 heteroatoms. The first kappa shape index (κ1) is 20.2. The second-order valence-corrected chi connectivity index (χ2v) is 8.01. The van der Waals surface area contributed by atoms with E-state index in [-0.39, 0.29) is 5.91 Å². The highest BCUT2D eigenvalue weighted by atomic mass is 16.3. The van der Waals surface area contributed by atoms with E-state index in [4.69, 9.17) is 0 Å². The highest BCUT2D eigenvalue weighted by molar-refractivity contribution is 5.77. The summed E-state index contributed by atoms with van der Waals surface area (Å²) in [6, 6.07) is 17.9. The Morgan fingerprint density at radius 3 is 2.43 bits per heavy atom. The van der Waals surface area contributed by atoms with Crippen LogP contribution in [0, 0.1) is 0 Å². The summed E-state index contributed by atoms with van der Waals surface area (Å²) in [7, 11) is 0. The molecule has 1 aliphatic heterocycles. The summed E-state index contributed by atoms with van der Waals surface area (Å²) in [6.07, 6.45) is 8.24. The van der Waals surface area contributed by atoms with Crippen LogP contribution in [0.1, 0.15) is 30.4 Å². The zero-order valence-corrected chi connectivity index (χ0v) is 17.1. The average Bonchev–Trinajstić information content (AvgIpc) is 2.79. The largest absolute Gasteiger partial charge is 0.389 e. The molecule has 0 bridgehead atoms. The molecule has 5 nitrogen and oxygen atoms in total. The standard InChI is InChI=1S/C25H27N3O2/c29-23(9-8-21-7-4-14-27-24(21)22-10-15-26-16-11-22)28-17-12-25(30,13-18-28)19-20-5-2-1-3-6-20/h1-7,10-11,14-16,30H,8-9,12-13,17-19H2. The molecule has 0 saturated carbocycles. The fourth-order valence-corrected chi connectivity index (χ4v) is 4.13. The normalized spacial score (nSPS) is 15.7. The van der Waals surface area contributed by atoms with Gasteiger partial charge in [-0.05, 0) is 48.6 Å². The Morgan fingerprint density at radius 2 is 1.70 bits per heavy atom. The number of piperidine rings is 1. The first-order valence-corrected chi connectivity index (χ1v) is 10.5. The van der Waals surface area contributed by atoms with Crippen LogP contribution < -0.4 is 0 Å². The summed E-state index contributed by atoms with van der Waals surface area (Å²) in [5.74, 6) is 0.140. The molecule has 1 fully saturated rings. The molecule has 2 aromatic heterocycles. The van der Waals surface area contributed by atoms with Gasteiger partial charge in [0, 0.05) is 50.1 Å². The molecule has 1 amide bonds. The van der Waals surface area contributed by atoms with Crippen LogP contribution in [-0.4, -0.2) is 44.6 Å². The zero-order chi connectivity index (χ0) is 20.8. The van der Waals surface area contributed by atoms with Crippen molar-refractivity contribution in [2.45, 2.75) is 37.7 Å². The van der Waals surface area contributed by atoms with E-state index in [0.29, 0.717) is 45.2 Å². The summed E-state index contributed by atoms with van der Waals surface area (Å²) in [5.41, 5.74) is 3.39. The number of pyridine rings is 2. The molecule has 0 spiro atoms. The van der Waals surface area contributed by atoms with E-state index >= 15 is 0 Å². The third-order valence-electron chi connectivity index (χ3n) is 5.88. The Hall–Kier alpha value is -3.05. The van der Waals surface area contributed by atoms with Crippen LogP contribution in [-0.2, 0) is 17.6 Å². The van der Waals surface area contributed by atoms with Gasteiger partial charge in [-0.25, -0.2) is 0 Å². The van der Waals surface area contributed by atoms with Crippen molar-refractivity contribution in [3.8, 4) is 11.3 Å². The van der Waals surface area contributed by atoms with Gasteiger partial charge >= 0.3 is 0 Å². The van der Waals surface area contributed by atoms with Gasteiger partial charge in [-0.3, -0.25) is 14.8 Å². The molecule has 4 rings (SSSR count). The van der Waals surface area contributed by atoms with E-state index in [2.05, 4.69) is 9.97 Å². The summed E-state index contributed by atoms with van der Waals surface area (Å²) < 4.78 is 0. The van der Waals surface area contributed by atoms with Gasteiger partial charge in [-0.2, -0.15) is 0 Å². The monoisotopic (exact) mass is 401 g/mol. The van der Waals surface area contributed by atoms with Crippen LogP contribution in [0.25, 0.3) is 11.3 Å². The molecule has 1 N–H and O–H groups in total. The molecule has 3 heterocycles. The maximum atomic E-state index is 12.8. The fourth-order valence-electron chi connectivity index (χ4n) is 4.13. The lowest BCUT2D eigenvalue weighted by atomic mass is 9.85. The number of hydrogen-bond acceptors (Lipinski definition) is 4. The number of aliphatic hydroxyl groups is 1. The Labute approximate surface area is 177 Å². The smallest absolute Gasteiger partial charge is 0.222 e. The molecule has 1 aliphatic rings. The van der Waals surface area contributed by atoms with Crippen molar-refractivity contribution in [3.05, 3.63) is 84.3 Å². The number of rotatable bonds is 6. The van der Waals surface area contributed by atoms with Crippen molar-refractivity contribution >= 4 is 5.91 Å². The topological polar surface area (TPSA) is 66.3 Å². The SMILES string of the molecule is O=C(CCc1cccnc1-c1ccncc1)N1CCC(O)(Cc2ccccc2)CC1. The Balaban J connectivity index is 1.33. The van der Waals surface area contributed by atoms with Crippen molar-refractivity contribution in [1.29, 1.82) is 0 Å². The van der Waals surface area contributed by atoms with Gasteiger partial charge in [0.25, 0.3) is 0 Å². The fraction of sp³-hybridized carbons (Fsp3) is 0.320. The van der Waals surface area contributed by atoms with Gasteiger partial charge in [-0.15, -0.1) is 0 Å². The van der Waals surface area contributed by atoms with Gasteiger partial charge in [-0.1, -0.05) is 36.4 Å². The lowest BCUT2D eigenvalue weighted by molar-refractivity contribution is -0.135. The van der Waals surface area contributed by atoms with Crippen molar-refractivity contribution in [2.75, 3.05) is 13.1 Å². The Morgan fingerprint density at radius 1 is 0.967 bits per heavy atom. The molecule has 1 aromatic carbocycles. The minimum absolute atomic E-state index is 0.140. The molecule has 1 saturated heterocycles. The second kappa shape index (κ2) is 9.18. The van der Waals surface area contributed by atoms with Gasteiger partial charge in [0.05, 0.1) is 11.3 Å². The number of aromatic nitrogens is 2. The number of nitrogens with zero attached hydrogens (tertiary/aromatic N) is 3. The van der Waals surface area contributed by atoms with Crippen molar-refractivity contribution in [3.63, 3.8) is 0 Å². The van der Waals surface area contributed by atoms with E-state index in [0.717, 1.165) is 22.4 Å². The molecular weight excluding hydrogens is 374 g/mol. The van der Waals surface area contributed by atoms with Crippen LogP contribution in [0.4, 0.5) is 0 Å². The summed E-state index contributed by atoms with van der Waals surface area (Å²) in [5, 5.41) is 10.9. The molecule has 154 valence electrons. The maximum absolute atomic E-state index is 12.8. The van der Waals surface area contributed by atoms with Gasteiger partial charge in [0.1, 0.15) is 0 Å². The van der Waals surface area contributed by atoms with Gasteiger partial charge in [0.2, 0.25) is 5.91 Å². The predicted molar refractivity (Wildman–Crippen MR) is 117 cm³/mol. The molecule has 30 heavy (non-hydrogen) atoms. The number of aryl methyl sites for hydroxylation is 1. The van der Waals surface area contributed by atoms with Crippen molar-refractivity contribution in [1.82, 2.24) is 14.9 Å². The summed E-state index contributed by atoms with van der Waals surface area (Å²) >= 11 is 0. The highest BCUT2D eigenvalue weighted by Crippen LogP contribution is 2.27. The Bertz CT molecular complexity index is 968. The Kier molecular flexibility index (Phi) is 6.19. The van der Waals surface area contributed by atoms with Gasteiger partial charge < -0.3 is 10.0 Å². The van der Waals surface area contributed by atoms with E-state index in [1.165, 1.54) is 0 Å². The molecular formula is C25H27N3O2. The highest BCUT2D eigenvalue weighted by Gasteiger charge is 2.33. The quantitative estimate of drug-likeness (QED) is 0.684. The molecule has 0 atom stereocenters. The average molecular weight is 402 g/mol. The van der Waals surface area contributed by atoms with Crippen LogP contribution in [0.2, 0.25) is 0 Å². The number of benzene rings is 1. The minimum Gasteiger partial charge on any atom is -0.389 e. The van der Waals surface area contributed by atoms with E-state index in [1.807, 2.05) is 59.5 Å². The number of carbonyl (C=O) groups is 1. The third kappa shape index (κ3) is 4.92. The number of amides is 1. The molecule has 0 radical (unpaired) electrons. The second-order valence-electron chi connectivity index (χ2n) is 8.01. The van der Waals surface area contributed by atoms with Crippen LogP contribution in [0.5, 0.6) is 0 Å². The molecule has 0 aliphatic carbocycles. The van der Waals surface area contributed by atoms with Gasteiger partial charge in [0.15, 0.2) is 0 Å². The first-order chi connectivity index (χ1) is 14.6. The molecule has 3 aromatic rings. The molecule has 0 unspecified atom stereocenters. The summed E-state index contributed by atoms with van der Waals surface area (Å²) in [4.78, 5) is 23.3. The van der Waals surface area contributed by atoms with Crippen LogP contribution in [0.3, 0.4) is 0 Å². The number of likely N-dealkylation sites (tertiary alicyclic amines) is 1. The van der Waals surface area contributed by atoms with E-state index in [9.17, 15) is 9.90 Å².